The number of hydrogen-bond donors (Lipinski definition) is 1. The van der Waals surface area contributed by atoms with Gasteiger partial charge in [-0.05, 0) is 56.0 Å². The van der Waals surface area contributed by atoms with Crippen LogP contribution in [0.15, 0.2) is 29.2 Å². The van der Waals surface area contributed by atoms with Gasteiger partial charge in [0.15, 0.2) is 0 Å². The number of sulfonamides is 1. The number of nitrogens with zero attached hydrogens (tertiary/aromatic N) is 1. The van der Waals surface area contributed by atoms with E-state index in [0.29, 0.717) is 49.4 Å². The molecule has 1 aromatic carbocycles. The van der Waals surface area contributed by atoms with E-state index in [0.717, 1.165) is 19.3 Å². The summed E-state index contributed by atoms with van der Waals surface area (Å²) < 4.78 is 37.4. The van der Waals surface area contributed by atoms with E-state index in [1.54, 1.807) is 35.7 Å². The summed E-state index contributed by atoms with van der Waals surface area (Å²) in [5.74, 6) is 1.00. The lowest BCUT2D eigenvalue weighted by Crippen LogP contribution is -2.40. The molecule has 7 heteroatoms. The Bertz CT molecular complexity index is 572. The van der Waals surface area contributed by atoms with Gasteiger partial charge in [-0.25, -0.2) is 8.42 Å². The molecule has 1 fully saturated rings. The van der Waals surface area contributed by atoms with Crippen LogP contribution in [0.25, 0.3) is 0 Å². The number of hydrogen-bond acceptors (Lipinski definition) is 5. The molecule has 2 N–H and O–H groups in total. The first kappa shape index (κ1) is 18.2. The summed E-state index contributed by atoms with van der Waals surface area (Å²) in [5, 5.41) is 0. The van der Waals surface area contributed by atoms with Crippen LogP contribution in [0.4, 0.5) is 0 Å². The van der Waals surface area contributed by atoms with Crippen LogP contribution < -0.4 is 10.5 Å². The van der Waals surface area contributed by atoms with Crippen LogP contribution in [-0.4, -0.2) is 52.7 Å². The fourth-order valence-corrected chi connectivity index (χ4v) is 4.37. The summed E-state index contributed by atoms with van der Waals surface area (Å²) in [7, 11) is -1.84. The largest absolute Gasteiger partial charge is 0.491 e. The molecule has 0 saturated carbocycles. The molecule has 0 spiro atoms. The first-order valence-electron chi connectivity index (χ1n) is 8.00. The molecule has 1 aliphatic heterocycles. The minimum absolute atomic E-state index is 0.310. The van der Waals surface area contributed by atoms with E-state index in [-0.39, 0.29) is 0 Å². The number of ether oxygens (including phenoxy) is 2. The van der Waals surface area contributed by atoms with Gasteiger partial charge in [0.2, 0.25) is 10.0 Å². The monoisotopic (exact) mass is 342 g/mol. The van der Waals surface area contributed by atoms with Crippen molar-refractivity contribution in [1.82, 2.24) is 4.31 Å². The van der Waals surface area contributed by atoms with Gasteiger partial charge in [0.05, 0.1) is 11.5 Å². The third-order valence-corrected chi connectivity index (χ3v) is 5.95. The third kappa shape index (κ3) is 4.91. The Hall–Kier alpha value is -1.15. The molecule has 1 unspecified atom stereocenters. The predicted molar refractivity (Wildman–Crippen MR) is 89.0 cm³/mol. The summed E-state index contributed by atoms with van der Waals surface area (Å²) in [6.45, 7) is 2.68. The molecular formula is C16H26N2O4S. The van der Waals surface area contributed by atoms with Gasteiger partial charge in [-0.1, -0.05) is 0 Å². The van der Waals surface area contributed by atoms with Crippen molar-refractivity contribution < 1.29 is 17.9 Å². The van der Waals surface area contributed by atoms with Gasteiger partial charge in [-0.3, -0.25) is 0 Å². The van der Waals surface area contributed by atoms with E-state index in [1.165, 1.54) is 0 Å². The van der Waals surface area contributed by atoms with Crippen molar-refractivity contribution in [2.24, 2.45) is 11.7 Å². The van der Waals surface area contributed by atoms with Crippen molar-refractivity contribution >= 4 is 10.0 Å². The van der Waals surface area contributed by atoms with Crippen molar-refractivity contribution in [3.8, 4) is 5.75 Å². The van der Waals surface area contributed by atoms with Crippen LogP contribution in [0.1, 0.15) is 19.3 Å². The van der Waals surface area contributed by atoms with E-state index in [4.69, 9.17) is 15.2 Å². The number of rotatable bonds is 8. The smallest absolute Gasteiger partial charge is 0.243 e. The summed E-state index contributed by atoms with van der Waals surface area (Å²) in [6, 6.07) is 6.57. The van der Waals surface area contributed by atoms with Crippen LogP contribution in [0.2, 0.25) is 0 Å². The lowest BCUT2D eigenvalue weighted by Gasteiger charge is -2.31. The zero-order valence-electron chi connectivity index (χ0n) is 13.6. The van der Waals surface area contributed by atoms with Crippen LogP contribution >= 0.6 is 0 Å². The van der Waals surface area contributed by atoms with Crippen LogP contribution in [-0.2, 0) is 14.8 Å². The molecule has 23 heavy (non-hydrogen) atoms. The van der Waals surface area contributed by atoms with E-state index in [9.17, 15) is 8.42 Å². The Morgan fingerprint density at radius 3 is 2.65 bits per heavy atom. The molecule has 0 bridgehead atoms. The zero-order chi connectivity index (χ0) is 16.7. The second-order valence-corrected chi connectivity index (χ2v) is 7.70. The average molecular weight is 342 g/mol. The normalized spacial score (nSPS) is 19.7. The lowest BCUT2D eigenvalue weighted by atomic mass is 9.96. The van der Waals surface area contributed by atoms with E-state index in [1.807, 2.05) is 0 Å². The average Bonchev–Trinajstić information content (AvgIpc) is 2.56. The van der Waals surface area contributed by atoms with Crippen LogP contribution in [0, 0.1) is 5.92 Å². The number of methoxy groups -OCH3 is 1. The SMILES string of the molecule is COCCOc1ccc(S(=O)(=O)N2CCCC(CCN)C2)cc1. The van der Waals surface area contributed by atoms with Crippen LogP contribution in [0.5, 0.6) is 5.75 Å². The first-order chi connectivity index (χ1) is 11.1. The van der Waals surface area contributed by atoms with E-state index < -0.39 is 10.0 Å². The third-order valence-electron chi connectivity index (χ3n) is 4.07. The molecule has 130 valence electrons. The quantitative estimate of drug-likeness (QED) is 0.723. The van der Waals surface area contributed by atoms with Gasteiger partial charge in [0.1, 0.15) is 12.4 Å². The van der Waals surface area contributed by atoms with Gasteiger partial charge in [-0.15, -0.1) is 0 Å². The molecule has 1 aromatic rings. The van der Waals surface area contributed by atoms with Crippen molar-refractivity contribution in [3.05, 3.63) is 24.3 Å². The topological polar surface area (TPSA) is 81.9 Å². The maximum absolute atomic E-state index is 12.7. The van der Waals surface area contributed by atoms with Gasteiger partial charge in [0, 0.05) is 20.2 Å². The van der Waals surface area contributed by atoms with Gasteiger partial charge in [-0.2, -0.15) is 4.31 Å². The Labute approximate surface area is 138 Å². The number of nitrogens with two attached hydrogens (primary N) is 1. The van der Waals surface area contributed by atoms with Crippen LogP contribution in [0.3, 0.4) is 0 Å². The molecule has 1 saturated heterocycles. The van der Waals surface area contributed by atoms with Crippen molar-refractivity contribution in [3.63, 3.8) is 0 Å². The highest BCUT2D eigenvalue weighted by atomic mass is 32.2. The summed E-state index contributed by atoms with van der Waals surface area (Å²) >= 11 is 0. The summed E-state index contributed by atoms with van der Waals surface area (Å²) in [6.07, 6.45) is 2.82. The Kier molecular flexibility index (Phi) is 6.83. The number of benzene rings is 1. The minimum atomic E-state index is -3.44. The maximum Gasteiger partial charge on any atom is 0.243 e. The zero-order valence-corrected chi connectivity index (χ0v) is 14.4. The Morgan fingerprint density at radius 2 is 2.00 bits per heavy atom. The molecule has 1 atom stereocenters. The fraction of sp³-hybridized carbons (Fsp3) is 0.625. The second kappa shape index (κ2) is 8.63. The molecule has 1 heterocycles. The summed E-state index contributed by atoms with van der Waals surface area (Å²) in [4.78, 5) is 0.310. The molecule has 6 nitrogen and oxygen atoms in total. The summed E-state index contributed by atoms with van der Waals surface area (Å²) in [5.41, 5.74) is 5.60. The van der Waals surface area contributed by atoms with Gasteiger partial charge in [0.25, 0.3) is 0 Å². The maximum atomic E-state index is 12.7. The Balaban J connectivity index is 2.03. The molecule has 2 rings (SSSR count). The first-order valence-corrected chi connectivity index (χ1v) is 9.44. The van der Waals surface area contributed by atoms with E-state index >= 15 is 0 Å². The molecule has 0 aromatic heterocycles. The van der Waals surface area contributed by atoms with Crippen molar-refractivity contribution in [2.75, 3.05) is 40.0 Å². The standard InChI is InChI=1S/C16H26N2O4S/c1-21-11-12-22-15-4-6-16(7-5-15)23(19,20)18-10-2-3-14(13-18)8-9-17/h4-7,14H,2-3,8-13,17H2,1H3. The molecular weight excluding hydrogens is 316 g/mol. The lowest BCUT2D eigenvalue weighted by molar-refractivity contribution is 0.146. The highest BCUT2D eigenvalue weighted by Gasteiger charge is 2.29. The van der Waals surface area contributed by atoms with Gasteiger partial charge >= 0.3 is 0 Å². The highest BCUT2D eigenvalue weighted by Crippen LogP contribution is 2.26. The van der Waals surface area contributed by atoms with E-state index in [2.05, 4.69) is 0 Å². The molecule has 0 aliphatic carbocycles. The predicted octanol–water partition coefficient (Wildman–Crippen LogP) is 1.46. The Morgan fingerprint density at radius 1 is 1.26 bits per heavy atom. The van der Waals surface area contributed by atoms with Crippen molar-refractivity contribution in [1.29, 1.82) is 0 Å². The number of piperidine rings is 1. The highest BCUT2D eigenvalue weighted by molar-refractivity contribution is 7.89. The minimum Gasteiger partial charge on any atom is -0.491 e. The molecule has 0 radical (unpaired) electrons. The molecule has 1 aliphatic rings. The second-order valence-electron chi connectivity index (χ2n) is 5.76. The molecule has 0 amide bonds. The van der Waals surface area contributed by atoms with Gasteiger partial charge < -0.3 is 15.2 Å². The van der Waals surface area contributed by atoms with Crippen molar-refractivity contribution in [2.45, 2.75) is 24.2 Å². The fourth-order valence-electron chi connectivity index (χ4n) is 2.82.